The summed E-state index contributed by atoms with van der Waals surface area (Å²) in [5, 5.41) is 0. The van der Waals surface area contributed by atoms with Crippen molar-refractivity contribution in [1.82, 2.24) is 0 Å². The van der Waals surface area contributed by atoms with Gasteiger partial charge in [0.15, 0.2) is 0 Å². The summed E-state index contributed by atoms with van der Waals surface area (Å²) in [6.45, 7) is 2.19. The second-order valence-corrected chi connectivity index (χ2v) is 10.6. The number of hydrogen-bond donors (Lipinski definition) is 0. The normalized spacial score (nSPS) is 43.1. The first-order valence-electron chi connectivity index (χ1n) is 12.5. The Hall–Kier alpha value is -0.260. The van der Waals surface area contributed by atoms with E-state index >= 15 is 0 Å². The lowest BCUT2D eigenvalue weighted by atomic mass is 9.64. The fraction of sp³-hybridized carbons (Fsp3) is 0.923. The third-order valence-corrected chi connectivity index (χ3v) is 9.31. The standard InChI is InChI=1S/C26H44/c1-2-5-20-8-10-22(11-9-20)24-16-18-26(19-17-24)25-14-12-23(13-15-25)21-6-3-4-7-21/h2,5,20-26H,3-4,6-19H2,1H3/b5-2+. The predicted octanol–water partition coefficient (Wildman–Crippen LogP) is 8.17. The highest BCUT2D eigenvalue weighted by atomic mass is 14.4. The lowest BCUT2D eigenvalue weighted by Crippen LogP contribution is -2.30. The van der Waals surface area contributed by atoms with E-state index in [1.54, 1.807) is 64.2 Å². The van der Waals surface area contributed by atoms with Crippen molar-refractivity contribution in [2.45, 2.75) is 110 Å². The van der Waals surface area contributed by atoms with Gasteiger partial charge in [-0.05, 0) is 125 Å². The summed E-state index contributed by atoms with van der Waals surface area (Å²) in [7, 11) is 0. The van der Waals surface area contributed by atoms with Crippen molar-refractivity contribution in [1.29, 1.82) is 0 Å². The average Bonchev–Trinajstić information content (AvgIpc) is 3.24. The van der Waals surface area contributed by atoms with E-state index in [9.17, 15) is 0 Å². The van der Waals surface area contributed by atoms with E-state index in [1.807, 2.05) is 0 Å². The van der Waals surface area contributed by atoms with E-state index < -0.39 is 0 Å². The van der Waals surface area contributed by atoms with Crippen LogP contribution < -0.4 is 0 Å². The van der Waals surface area contributed by atoms with Gasteiger partial charge in [0.1, 0.15) is 0 Å². The molecule has 4 rings (SSSR count). The first kappa shape index (κ1) is 19.1. The van der Waals surface area contributed by atoms with Gasteiger partial charge in [-0.15, -0.1) is 0 Å². The van der Waals surface area contributed by atoms with Crippen molar-refractivity contribution in [2.24, 2.45) is 41.4 Å². The Morgan fingerprint density at radius 1 is 0.423 bits per heavy atom. The van der Waals surface area contributed by atoms with Crippen molar-refractivity contribution >= 4 is 0 Å². The van der Waals surface area contributed by atoms with Crippen molar-refractivity contribution in [3.8, 4) is 0 Å². The third kappa shape index (κ3) is 4.59. The summed E-state index contributed by atoms with van der Waals surface area (Å²) < 4.78 is 0. The zero-order valence-electron chi connectivity index (χ0n) is 17.5. The number of allylic oxidation sites excluding steroid dienone is 2. The lowest BCUT2D eigenvalue weighted by molar-refractivity contribution is 0.0988. The van der Waals surface area contributed by atoms with Crippen LogP contribution in [-0.4, -0.2) is 0 Å². The van der Waals surface area contributed by atoms with Crippen LogP contribution in [0.5, 0.6) is 0 Å². The minimum atomic E-state index is 0.905. The molecule has 4 saturated carbocycles. The Bertz CT molecular complexity index is 419. The van der Waals surface area contributed by atoms with Gasteiger partial charge < -0.3 is 0 Å². The molecular formula is C26H44. The fourth-order valence-corrected chi connectivity index (χ4v) is 7.69. The Kier molecular flexibility index (Phi) is 6.82. The zero-order valence-corrected chi connectivity index (χ0v) is 17.5. The van der Waals surface area contributed by atoms with Gasteiger partial charge in [0, 0.05) is 0 Å². The van der Waals surface area contributed by atoms with Gasteiger partial charge >= 0.3 is 0 Å². The molecule has 0 radical (unpaired) electrons. The molecule has 0 unspecified atom stereocenters. The maximum atomic E-state index is 2.47. The summed E-state index contributed by atoms with van der Waals surface area (Å²) >= 11 is 0. The van der Waals surface area contributed by atoms with Crippen LogP contribution in [0.1, 0.15) is 110 Å². The van der Waals surface area contributed by atoms with Gasteiger partial charge in [-0.2, -0.15) is 0 Å². The molecule has 0 amide bonds. The molecule has 0 aromatic rings. The average molecular weight is 357 g/mol. The highest BCUT2D eigenvalue weighted by Crippen LogP contribution is 2.48. The van der Waals surface area contributed by atoms with E-state index in [-0.39, 0.29) is 0 Å². The van der Waals surface area contributed by atoms with Gasteiger partial charge in [0.2, 0.25) is 0 Å². The highest BCUT2D eigenvalue weighted by Gasteiger charge is 2.36. The van der Waals surface area contributed by atoms with Crippen molar-refractivity contribution in [3.63, 3.8) is 0 Å². The van der Waals surface area contributed by atoms with Crippen LogP contribution in [0.3, 0.4) is 0 Å². The molecule has 0 heteroatoms. The number of hydrogen-bond acceptors (Lipinski definition) is 0. The Morgan fingerprint density at radius 2 is 0.731 bits per heavy atom. The van der Waals surface area contributed by atoms with E-state index in [0.29, 0.717) is 0 Å². The zero-order chi connectivity index (χ0) is 17.8. The molecule has 0 bridgehead atoms. The predicted molar refractivity (Wildman–Crippen MR) is 113 cm³/mol. The third-order valence-electron chi connectivity index (χ3n) is 9.31. The van der Waals surface area contributed by atoms with Crippen LogP contribution in [0, 0.1) is 41.4 Å². The van der Waals surface area contributed by atoms with Crippen LogP contribution >= 0.6 is 0 Å². The van der Waals surface area contributed by atoms with Crippen LogP contribution in [-0.2, 0) is 0 Å². The first-order valence-corrected chi connectivity index (χ1v) is 12.5. The second-order valence-electron chi connectivity index (χ2n) is 10.6. The SMILES string of the molecule is C/C=C/C1CCC(C2CCC(C3CCC(C4CCCC4)CC3)CC2)CC1. The quantitative estimate of drug-likeness (QED) is 0.445. The monoisotopic (exact) mass is 356 g/mol. The van der Waals surface area contributed by atoms with Crippen LogP contribution in [0.4, 0.5) is 0 Å². The molecule has 148 valence electrons. The van der Waals surface area contributed by atoms with E-state index in [1.165, 1.54) is 38.5 Å². The Labute approximate surface area is 163 Å². The largest absolute Gasteiger partial charge is 0.0914 e. The summed E-state index contributed by atoms with van der Waals surface area (Å²) in [5.41, 5.74) is 0. The molecule has 0 aromatic carbocycles. The summed E-state index contributed by atoms with van der Waals surface area (Å²) in [6.07, 6.45) is 29.6. The molecule has 0 N–H and O–H groups in total. The summed E-state index contributed by atoms with van der Waals surface area (Å²) in [6, 6.07) is 0. The van der Waals surface area contributed by atoms with Crippen LogP contribution in [0.15, 0.2) is 12.2 Å². The molecule has 0 aromatic heterocycles. The minimum Gasteiger partial charge on any atom is -0.0914 e. The van der Waals surface area contributed by atoms with Gasteiger partial charge in [0.05, 0.1) is 0 Å². The lowest BCUT2D eigenvalue weighted by Gasteiger charge is -2.42. The molecule has 0 saturated heterocycles. The Morgan fingerprint density at radius 3 is 1.08 bits per heavy atom. The fourth-order valence-electron chi connectivity index (χ4n) is 7.69. The molecular weight excluding hydrogens is 312 g/mol. The van der Waals surface area contributed by atoms with Crippen molar-refractivity contribution in [3.05, 3.63) is 12.2 Å². The maximum Gasteiger partial charge on any atom is -0.0233 e. The molecule has 4 aliphatic rings. The molecule has 0 spiro atoms. The number of rotatable bonds is 4. The molecule has 0 aliphatic heterocycles. The Balaban J connectivity index is 1.17. The molecule has 0 atom stereocenters. The topological polar surface area (TPSA) is 0 Å². The molecule has 0 nitrogen and oxygen atoms in total. The van der Waals surface area contributed by atoms with Gasteiger partial charge in [-0.25, -0.2) is 0 Å². The summed E-state index contributed by atoms with van der Waals surface area (Å²) in [5.74, 6) is 7.54. The van der Waals surface area contributed by atoms with Crippen molar-refractivity contribution < 1.29 is 0 Å². The van der Waals surface area contributed by atoms with Gasteiger partial charge in [-0.3, -0.25) is 0 Å². The smallest absolute Gasteiger partial charge is 0.0233 e. The van der Waals surface area contributed by atoms with Gasteiger partial charge in [0.25, 0.3) is 0 Å². The maximum absolute atomic E-state index is 2.47. The second kappa shape index (κ2) is 9.29. The first-order chi connectivity index (χ1) is 12.8. The molecule has 4 aliphatic carbocycles. The van der Waals surface area contributed by atoms with Crippen LogP contribution in [0.2, 0.25) is 0 Å². The van der Waals surface area contributed by atoms with Crippen molar-refractivity contribution in [2.75, 3.05) is 0 Å². The highest BCUT2D eigenvalue weighted by molar-refractivity contribution is 4.91. The summed E-state index contributed by atoms with van der Waals surface area (Å²) in [4.78, 5) is 0. The van der Waals surface area contributed by atoms with E-state index in [2.05, 4.69) is 19.1 Å². The molecule has 0 heterocycles. The van der Waals surface area contributed by atoms with Gasteiger partial charge in [-0.1, -0.05) is 37.8 Å². The van der Waals surface area contributed by atoms with Crippen LogP contribution in [0.25, 0.3) is 0 Å². The molecule has 4 fully saturated rings. The minimum absolute atomic E-state index is 0.905. The molecule has 26 heavy (non-hydrogen) atoms. The van der Waals surface area contributed by atoms with E-state index in [4.69, 9.17) is 0 Å². The van der Waals surface area contributed by atoms with E-state index in [0.717, 1.165) is 41.4 Å².